The lowest BCUT2D eigenvalue weighted by molar-refractivity contribution is 0.0935. The predicted octanol–water partition coefficient (Wildman–Crippen LogP) is 3.64. The maximum atomic E-state index is 13.0. The zero-order chi connectivity index (χ0) is 21.5. The number of fused-ring (bicyclic) bond motifs is 1. The fourth-order valence-electron chi connectivity index (χ4n) is 4.72. The van der Waals surface area contributed by atoms with Gasteiger partial charge in [0.15, 0.2) is 0 Å². The molecule has 0 aliphatic carbocycles. The van der Waals surface area contributed by atoms with E-state index in [0.29, 0.717) is 28.1 Å². The van der Waals surface area contributed by atoms with Gasteiger partial charge in [0.1, 0.15) is 5.84 Å². The number of urea groups is 1. The summed E-state index contributed by atoms with van der Waals surface area (Å²) in [5.41, 5.74) is 1.70. The fraction of sp³-hybridized carbons (Fsp3) is 0.409. The van der Waals surface area contributed by atoms with Gasteiger partial charge in [-0.3, -0.25) is 15.1 Å². The van der Waals surface area contributed by atoms with Crippen molar-refractivity contribution >= 4 is 46.4 Å². The first-order valence-electron chi connectivity index (χ1n) is 10.6. The first-order chi connectivity index (χ1) is 15.0. The van der Waals surface area contributed by atoms with Crippen molar-refractivity contribution in [2.75, 3.05) is 31.1 Å². The van der Waals surface area contributed by atoms with Crippen molar-refractivity contribution in [3.63, 3.8) is 0 Å². The van der Waals surface area contributed by atoms with Gasteiger partial charge in [0.2, 0.25) is 0 Å². The van der Waals surface area contributed by atoms with Crippen LogP contribution in [0.3, 0.4) is 0 Å². The number of carbonyl (C=O) groups is 2. The Morgan fingerprint density at radius 2 is 1.84 bits per heavy atom. The number of nitrogens with one attached hydrogen (secondary N) is 2. The lowest BCUT2D eigenvalue weighted by atomic mass is 10.1. The highest BCUT2D eigenvalue weighted by atomic mass is 35.5. The van der Waals surface area contributed by atoms with E-state index in [4.69, 9.17) is 17.0 Å². The number of thiophene rings is 1. The molecular formula is C22H24ClN5O2S. The maximum Gasteiger partial charge on any atom is 0.324 e. The number of likely N-dealkylation sites (tertiary alicyclic amines) is 1. The molecule has 3 amide bonds. The Kier molecular flexibility index (Phi) is 5.35. The Bertz CT molecular complexity index is 1020. The molecule has 7 nitrogen and oxygen atoms in total. The molecule has 31 heavy (non-hydrogen) atoms. The monoisotopic (exact) mass is 457 g/mol. The van der Waals surface area contributed by atoms with Crippen LogP contribution in [0.4, 0.5) is 10.5 Å². The molecule has 0 bridgehead atoms. The van der Waals surface area contributed by atoms with Gasteiger partial charge < -0.3 is 15.1 Å². The van der Waals surface area contributed by atoms with Gasteiger partial charge in [-0.25, -0.2) is 4.79 Å². The number of amidine groups is 1. The first-order valence-corrected chi connectivity index (χ1v) is 11.8. The molecule has 162 valence electrons. The molecule has 9 heteroatoms. The molecule has 5 rings (SSSR count). The van der Waals surface area contributed by atoms with Crippen molar-refractivity contribution in [2.45, 2.75) is 31.3 Å². The van der Waals surface area contributed by atoms with E-state index in [-0.39, 0.29) is 24.0 Å². The van der Waals surface area contributed by atoms with Crippen LogP contribution in [-0.4, -0.2) is 65.8 Å². The van der Waals surface area contributed by atoms with E-state index < -0.39 is 0 Å². The average molecular weight is 458 g/mol. The maximum absolute atomic E-state index is 13.0. The molecule has 0 unspecified atom stereocenters. The predicted molar refractivity (Wildman–Crippen MR) is 123 cm³/mol. The molecule has 2 aromatic rings. The van der Waals surface area contributed by atoms with Crippen molar-refractivity contribution in [2.24, 2.45) is 0 Å². The Balaban J connectivity index is 1.26. The minimum atomic E-state index is -0.139. The Labute approximate surface area is 190 Å². The normalized spacial score (nSPS) is 22.9. The summed E-state index contributed by atoms with van der Waals surface area (Å²) in [6, 6.07) is 11.0. The van der Waals surface area contributed by atoms with Gasteiger partial charge in [-0.05, 0) is 55.7 Å². The molecule has 3 aliphatic rings. The zero-order valence-electron chi connectivity index (χ0n) is 17.0. The highest BCUT2D eigenvalue weighted by Crippen LogP contribution is 2.31. The van der Waals surface area contributed by atoms with E-state index in [1.165, 1.54) is 11.3 Å². The van der Waals surface area contributed by atoms with Gasteiger partial charge >= 0.3 is 6.03 Å². The smallest absolute Gasteiger partial charge is 0.324 e. The topological polar surface area (TPSA) is 79.7 Å². The van der Waals surface area contributed by atoms with E-state index in [1.807, 2.05) is 29.2 Å². The SMILES string of the molecule is N=C(c1ccc(N2C[C@@H]3[C@H](NC(=O)c4ccc(Cl)s4)CCN3C2=O)cc1)N1CCCC1. The molecule has 3 fully saturated rings. The van der Waals surface area contributed by atoms with E-state index in [0.717, 1.165) is 43.6 Å². The molecular weight excluding hydrogens is 434 g/mol. The second-order valence-corrected chi connectivity index (χ2v) is 9.93. The lowest BCUT2D eigenvalue weighted by Crippen LogP contribution is -2.44. The quantitative estimate of drug-likeness (QED) is 0.543. The van der Waals surface area contributed by atoms with Crippen LogP contribution in [0.1, 0.15) is 34.5 Å². The summed E-state index contributed by atoms with van der Waals surface area (Å²) in [5.74, 6) is 0.410. The molecule has 0 radical (unpaired) electrons. The van der Waals surface area contributed by atoms with Crippen LogP contribution in [0, 0.1) is 5.41 Å². The van der Waals surface area contributed by atoms with Crippen molar-refractivity contribution in [1.82, 2.24) is 15.1 Å². The fourth-order valence-corrected chi connectivity index (χ4v) is 5.67. The van der Waals surface area contributed by atoms with E-state index in [1.54, 1.807) is 17.0 Å². The molecule has 4 heterocycles. The van der Waals surface area contributed by atoms with Crippen LogP contribution in [0.15, 0.2) is 36.4 Å². The summed E-state index contributed by atoms with van der Waals surface area (Å²) < 4.78 is 0.585. The molecule has 0 spiro atoms. The Morgan fingerprint density at radius 3 is 2.52 bits per heavy atom. The average Bonchev–Trinajstić information content (AvgIpc) is 3.55. The molecule has 2 N–H and O–H groups in total. The minimum absolute atomic E-state index is 0.0247. The Hall–Kier alpha value is -2.58. The van der Waals surface area contributed by atoms with Crippen LogP contribution >= 0.6 is 22.9 Å². The Morgan fingerprint density at radius 1 is 1.10 bits per heavy atom. The number of hydrogen-bond acceptors (Lipinski definition) is 4. The lowest BCUT2D eigenvalue weighted by Gasteiger charge is -2.21. The number of anilines is 1. The van der Waals surface area contributed by atoms with Gasteiger partial charge in [-0.15, -0.1) is 11.3 Å². The first kappa shape index (κ1) is 20.3. The minimum Gasteiger partial charge on any atom is -0.357 e. The summed E-state index contributed by atoms with van der Waals surface area (Å²) in [6.07, 6.45) is 3.02. The second kappa shape index (κ2) is 8.16. The summed E-state index contributed by atoms with van der Waals surface area (Å²) in [4.78, 5) is 31.8. The van der Waals surface area contributed by atoms with E-state index >= 15 is 0 Å². The van der Waals surface area contributed by atoms with Crippen LogP contribution in [0.5, 0.6) is 0 Å². The largest absolute Gasteiger partial charge is 0.357 e. The number of hydrogen-bond donors (Lipinski definition) is 2. The molecule has 0 saturated carbocycles. The van der Waals surface area contributed by atoms with Gasteiger partial charge in [-0.1, -0.05) is 11.6 Å². The van der Waals surface area contributed by atoms with Crippen LogP contribution in [0.2, 0.25) is 4.34 Å². The van der Waals surface area contributed by atoms with Gasteiger partial charge in [0.05, 0.1) is 27.8 Å². The third-order valence-corrected chi connectivity index (χ3v) is 7.61. The number of halogens is 1. The highest BCUT2D eigenvalue weighted by molar-refractivity contribution is 7.18. The summed E-state index contributed by atoms with van der Waals surface area (Å²) in [6.45, 7) is 3.05. The summed E-state index contributed by atoms with van der Waals surface area (Å²) in [7, 11) is 0. The number of amides is 3. The van der Waals surface area contributed by atoms with Crippen LogP contribution in [-0.2, 0) is 0 Å². The van der Waals surface area contributed by atoms with E-state index in [9.17, 15) is 9.59 Å². The third-order valence-electron chi connectivity index (χ3n) is 6.38. The molecule has 2 atom stereocenters. The van der Waals surface area contributed by atoms with Crippen molar-refractivity contribution in [1.29, 1.82) is 5.41 Å². The van der Waals surface area contributed by atoms with Crippen molar-refractivity contribution in [3.05, 3.63) is 51.2 Å². The summed E-state index contributed by atoms with van der Waals surface area (Å²) >= 11 is 7.20. The van der Waals surface area contributed by atoms with Gasteiger partial charge in [0, 0.05) is 30.9 Å². The van der Waals surface area contributed by atoms with Crippen molar-refractivity contribution in [3.8, 4) is 0 Å². The highest BCUT2D eigenvalue weighted by Gasteiger charge is 2.46. The molecule has 1 aromatic carbocycles. The molecule has 1 aromatic heterocycles. The van der Waals surface area contributed by atoms with Crippen molar-refractivity contribution < 1.29 is 9.59 Å². The molecule has 3 aliphatic heterocycles. The zero-order valence-corrected chi connectivity index (χ0v) is 18.6. The number of rotatable bonds is 4. The number of benzene rings is 1. The van der Waals surface area contributed by atoms with Gasteiger partial charge in [0.25, 0.3) is 5.91 Å². The van der Waals surface area contributed by atoms with E-state index in [2.05, 4.69) is 10.2 Å². The third kappa shape index (κ3) is 3.78. The second-order valence-electron chi connectivity index (χ2n) is 8.22. The van der Waals surface area contributed by atoms with Crippen LogP contribution in [0.25, 0.3) is 0 Å². The standard InChI is InChI=1S/C22H24ClN5O2S/c23-19-8-7-18(31-19)21(29)25-16-9-12-27-17(16)13-28(22(27)30)15-5-3-14(4-6-15)20(24)26-10-1-2-11-26/h3-8,16-17,24H,1-2,9-13H2,(H,25,29)/t16-,17-/m1/s1. The van der Waals surface area contributed by atoms with Gasteiger partial charge in [-0.2, -0.15) is 0 Å². The number of carbonyl (C=O) groups excluding carboxylic acids is 2. The van der Waals surface area contributed by atoms with Crippen LogP contribution < -0.4 is 10.2 Å². The molecule has 3 saturated heterocycles. The summed E-state index contributed by atoms with van der Waals surface area (Å²) in [5, 5.41) is 11.5. The number of nitrogens with zero attached hydrogens (tertiary/aromatic N) is 3.